The molecule has 0 spiro atoms. The lowest BCUT2D eigenvalue weighted by molar-refractivity contribution is 0.0601. The van der Waals surface area contributed by atoms with E-state index in [4.69, 9.17) is 16.3 Å². The third-order valence-electron chi connectivity index (χ3n) is 4.92. The number of carbonyl (C=O) groups excluding carboxylic acids is 1. The van der Waals surface area contributed by atoms with E-state index in [1.165, 1.54) is 7.11 Å². The van der Waals surface area contributed by atoms with Crippen LogP contribution in [0.15, 0.2) is 48.5 Å². The van der Waals surface area contributed by atoms with Crippen molar-refractivity contribution < 1.29 is 14.6 Å². The van der Waals surface area contributed by atoms with Gasteiger partial charge in [0.05, 0.1) is 25.0 Å². The molecule has 152 valence electrons. The summed E-state index contributed by atoms with van der Waals surface area (Å²) in [5, 5.41) is 10.1. The average molecular weight is 413 g/mol. The molecule has 29 heavy (non-hydrogen) atoms. The molecular weight excluding hydrogens is 388 g/mol. The van der Waals surface area contributed by atoms with E-state index in [1.54, 1.807) is 6.07 Å². The molecule has 1 N–H and O–H groups in total. The molecule has 2 aromatic carbocycles. The molecule has 3 rings (SSSR count). The summed E-state index contributed by atoms with van der Waals surface area (Å²) in [5.74, 6) is 0.548. The van der Waals surface area contributed by atoms with Gasteiger partial charge in [-0.25, -0.2) is 9.78 Å². The van der Waals surface area contributed by atoms with Crippen molar-refractivity contribution in [2.24, 2.45) is 0 Å². The highest BCUT2D eigenvalue weighted by Crippen LogP contribution is 2.24. The summed E-state index contributed by atoms with van der Waals surface area (Å²) in [6.45, 7) is 2.59. The Balaban J connectivity index is 1.84. The Hall–Kier alpha value is -2.63. The van der Waals surface area contributed by atoms with Crippen LogP contribution in [0.1, 0.15) is 47.2 Å². The number of halogens is 1. The van der Waals surface area contributed by atoms with Gasteiger partial charge in [0.1, 0.15) is 5.82 Å². The molecular formula is C23H25ClN2O3. The van der Waals surface area contributed by atoms with E-state index in [9.17, 15) is 9.90 Å². The van der Waals surface area contributed by atoms with Crippen molar-refractivity contribution in [3.63, 3.8) is 0 Å². The van der Waals surface area contributed by atoms with Crippen molar-refractivity contribution in [2.45, 2.75) is 39.3 Å². The fourth-order valence-electron chi connectivity index (χ4n) is 3.30. The summed E-state index contributed by atoms with van der Waals surface area (Å²) in [6.07, 6.45) is 2.92. The Bertz CT molecular complexity index is 980. The predicted octanol–water partition coefficient (Wildman–Crippen LogP) is 4.87. The van der Waals surface area contributed by atoms with Crippen molar-refractivity contribution in [1.29, 1.82) is 0 Å². The van der Waals surface area contributed by atoms with Crippen LogP contribution in [0, 0.1) is 0 Å². The number of hydrogen-bond acceptors (Lipinski definition) is 4. The zero-order valence-electron chi connectivity index (χ0n) is 16.7. The van der Waals surface area contributed by atoms with E-state index in [0.29, 0.717) is 23.0 Å². The first kappa shape index (κ1) is 21.1. The average Bonchev–Trinajstić information content (AvgIpc) is 3.06. The van der Waals surface area contributed by atoms with Crippen LogP contribution in [0.25, 0.3) is 11.1 Å². The molecule has 0 aliphatic carbocycles. The number of methoxy groups -OCH3 is 1. The highest BCUT2D eigenvalue weighted by Gasteiger charge is 2.15. The van der Waals surface area contributed by atoms with Gasteiger partial charge in [-0.1, -0.05) is 61.3 Å². The molecule has 5 nitrogen and oxygen atoms in total. The van der Waals surface area contributed by atoms with Gasteiger partial charge in [-0.05, 0) is 35.2 Å². The van der Waals surface area contributed by atoms with Crippen LogP contribution < -0.4 is 0 Å². The molecule has 0 atom stereocenters. The Morgan fingerprint density at radius 3 is 2.59 bits per heavy atom. The number of aliphatic hydroxyl groups excluding tert-OH is 1. The van der Waals surface area contributed by atoms with Gasteiger partial charge >= 0.3 is 5.97 Å². The first-order valence-electron chi connectivity index (χ1n) is 9.69. The maximum absolute atomic E-state index is 11.8. The minimum Gasteiger partial charge on any atom is -0.465 e. The second-order valence-electron chi connectivity index (χ2n) is 6.88. The molecule has 0 amide bonds. The summed E-state index contributed by atoms with van der Waals surface area (Å²) in [5.41, 5.74) is 4.21. The summed E-state index contributed by atoms with van der Waals surface area (Å²) in [4.78, 5) is 16.2. The molecule has 0 bridgehead atoms. The minimum absolute atomic E-state index is 0.142. The number of rotatable bonds is 8. The van der Waals surface area contributed by atoms with Gasteiger partial charge in [0.2, 0.25) is 0 Å². The van der Waals surface area contributed by atoms with Crippen LogP contribution in [0.2, 0.25) is 5.15 Å². The normalized spacial score (nSPS) is 10.9. The van der Waals surface area contributed by atoms with Gasteiger partial charge in [-0.2, -0.15) is 0 Å². The molecule has 0 aliphatic rings. The van der Waals surface area contributed by atoms with Gasteiger partial charge in [0.25, 0.3) is 0 Å². The van der Waals surface area contributed by atoms with Crippen LogP contribution >= 0.6 is 11.6 Å². The number of esters is 1. The number of carbonyl (C=O) groups is 1. The van der Waals surface area contributed by atoms with Crippen LogP contribution in [-0.2, 0) is 24.3 Å². The van der Waals surface area contributed by atoms with Crippen LogP contribution in [0.5, 0.6) is 0 Å². The standard InChI is InChI=1S/C23H25ClN2O3/c1-3-4-8-21-25-22(24)20(15-27)26(21)14-16-9-11-17(12-10-16)18-6-5-7-19(13-18)23(28)29-2/h5-7,9-13,27H,3-4,8,14-15H2,1-2H3. The zero-order valence-corrected chi connectivity index (χ0v) is 17.4. The number of aliphatic hydroxyl groups is 1. The van der Waals surface area contributed by atoms with E-state index in [0.717, 1.165) is 41.8 Å². The quantitative estimate of drug-likeness (QED) is 0.536. The third-order valence-corrected chi connectivity index (χ3v) is 5.22. The van der Waals surface area contributed by atoms with E-state index in [1.807, 2.05) is 47.0 Å². The van der Waals surface area contributed by atoms with Crippen molar-refractivity contribution in [1.82, 2.24) is 9.55 Å². The van der Waals surface area contributed by atoms with Crippen LogP contribution in [0.4, 0.5) is 0 Å². The third kappa shape index (κ3) is 4.86. The van der Waals surface area contributed by atoms with Gasteiger partial charge in [-0.3, -0.25) is 0 Å². The fraction of sp³-hybridized carbons (Fsp3) is 0.304. The molecule has 0 unspecified atom stereocenters. The molecule has 1 heterocycles. The topological polar surface area (TPSA) is 64.4 Å². The summed E-state index contributed by atoms with van der Waals surface area (Å²) < 4.78 is 6.80. The Labute approximate surface area is 175 Å². The van der Waals surface area contributed by atoms with E-state index >= 15 is 0 Å². The summed E-state index contributed by atoms with van der Waals surface area (Å²) in [6, 6.07) is 15.5. The monoisotopic (exact) mass is 412 g/mol. The first-order chi connectivity index (χ1) is 14.1. The maximum atomic E-state index is 11.8. The Morgan fingerprint density at radius 1 is 1.17 bits per heavy atom. The lowest BCUT2D eigenvalue weighted by Gasteiger charge is -2.12. The van der Waals surface area contributed by atoms with Gasteiger partial charge in [-0.15, -0.1) is 0 Å². The van der Waals surface area contributed by atoms with Crippen molar-refractivity contribution in [3.8, 4) is 11.1 Å². The van der Waals surface area contributed by atoms with E-state index < -0.39 is 0 Å². The van der Waals surface area contributed by atoms with Crippen LogP contribution in [-0.4, -0.2) is 27.7 Å². The number of benzene rings is 2. The fourth-order valence-corrected chi connectivity index (χ4v) is 3.56. The highest BCUT2D eigenvalue weighted by molar-refractivity contribution is 6.30. The molecule has 0 radical (unpaired) electrons. The van der Waals surface area contributed by atoms with Gasteiger partial charge in [0.15, 0.2) is 5.15 Å². The molecule has 6 heteroatoms. The number of imidazole rings is 1. The molecule has 1 aromatic heterocycles. The molecule has 3 aromatic rings. The van der Waals surface area contributed by atoms with Crippen molar-refractivity contribution in [2.75, 3.05) is 7.11 Å². The van der Waals surface area contributed by atoms with Crippen molar-refractivity contribution >= 4 is 17.6 Å². The lowest BCUT2D eigenvalue weighted by atomic mass is 10.0. The highest BCUT2D eigenvalue weighted by atomic mass is 35.5. The SMILES string of the molecule is CCCCc1nc(Cl)c(CO)n1Cc1ccc(-c2cccc(C(=O)OC)c2)cc1. The Kier molecular flexibility index (Phi) is 7.07. The predicted molar refractivity (Wildman–Crippen MR) is 114 cm³/mol. The number of ether oxygens (including phenoxy) is 1. The largest absolute Gasteiger partial charge is 0.465 e. The summed E-state index contributed by atoms with van der Waals surface area (Å²) in [7, 11) is 1.38. The second kappa shape index (κ2) is 9.72. The molecule has 0 fully saturated rings. The summed E-state index contributed by atoms with van der Waals surface area (Å²) >= 11 is 6.22. The number of aryl methyl sites for hydroxylation is 1. The number of hydrogen-bond donors (Lipinski definition) is 1. The van der Waals surface area contributed by atoms with Gasteiger partial charge < -0.3 is 14.4 Å². The zero-order chi connectivity index (χ0) is 20.8. The second-order valence-corrected chi connectivity index (χ2v) is 7.24. The van der Waals surface area contributed by atoms with E-state index in [2.05, 4.69) is 11.9 Å². The number of unbranched alkanes of at least 4 members (excludes halogenated alkanes) is 1. The number of nitrogens with zero attached hydrogens (tertiary/aromatic N) is 2. The maximum Gasteiger partial charge on any atom is 0.337 e. The molecule has 0 saturated heterocycles. The lowest BCUT2D eigenvalue weighted by Crippen LogP contribution is -2.09. The minimum atomic E-state index is -0.350. The smallest absolute Gasteiger partial charge is 0.337 e. The molecule has 0 saturated carbocycles. The first-order valence-corrected chi connectivity index (χ1v) is 10.1. The number of aromatic nitrogens is 2. The van der Waals surface area contributed by atoms with Gasteiger partial charge in [0, 0.05) is 13.0 Å². The molecule has 0 aliphatic heterocycles. The van der Waals surface area contributed by atoms with E-state index in [-0.39, 0.29) is 12.6 Å². The van der Waals surface area contributed by atoms with Crippen molar-refractivity contribution in [3.05, 3.63) is 76.3 Å². The Morgan fingerprint density at radius 2 is 1.93 bits per heavy atom. The van der Waals surface area contributed by atoms with Crippen LogP contribution in [0.3, 0.4) is 0 Å².